The fourth-order valence-corrected chi connectivity index (χ4v) is 3.74. The number of piperidine rings is 1. The fraction of sp³-hybridized carbons (Fsp3) is 1.00. The molecule has 2 nitrogen and oxygen atoms in total. The average Bonchev–Trinajstić information content (AvgIpc) is 2.29. The summed E-state index contributed by atoms with van der Waals surface area (Å²) in [6.45, 7) is 16.8. The molecule has 0 aromatic carbocycles. The molecule has 0 aromatic heterocycles. The van der Waals surface area contributed by atoms with Crippen molar-refractivity contribution < 1.29 is 0 Å². The third kappa shape index (κ3) is 4.46. The minimum Gasteiger partial charge on any atom is -0.241 e. The second kappa shape index (κ2) is 7.08. The van der Waals surface area contributed by atoms with Gasteiger partial charge in [0.2, 0.25) is 0 Å². The van der Waals surface area contributed by atoms with Crippen LogP contribution in [0.3, 0.4) is 0 Å². The summed E-state index contributed by atoms with van der Waals surface area (Å²) >= 11 is 0. The molecule has 0 aromatic rings. The average molecular weight is 268 g/mol. The maximum Gasteiger partial charge on any atom is 0.0306 e. The van der Waals surface area contributed by atoms with E-state index in [0.717, 1.165) is 0 Å². The Balaban J connectivity index is 2.86. The van der Waals surface area contributed by atoms with Gasteiger partial charge >= 0.3 is 0 Å². The monoisotopic (exact) mass is 268 g/mol. The summed E-state index contributed by atoms with van der Waals surface area (Å²) in [5.41, 5.74) is 0.618. The lowest BCUT2D eigenvalue weighted by Crippen LogP contribution is -2.65. The Labute approximate surface area is 121 Å². The second-order valence-electron chi connectivity index (χ2n) is 7.45. The van der Waals surface area contributed by atoms with Crippen molar-refractivity contribution >= 4 is 0 Å². The van der Waals surface area contributed by atoms with Crippen molar-refractivity contribution in [1.82, 2.24) is 10.0 Å². The van der Waals surface area contributed by atoms with E-state index in [2.05, 4.69) is 51.6 Å². The van der Waals surface area contributed by atoms with Crippen molar-refractivity contribution in [2.45, 2.75) is 97.6 Å². The van der Waals surface area contributed by atoms with Crippen LogP contribution in [0, 0.1) is 0 Å². The molecular weight excluding hydrogens is 232 g/mol. The van der Waals surface area contributed by atoms with E-state index in [1.807, 2.05) is 0 Å². The highest BCUT2D eigenvalue weighted by atomic mass is 15.7. The molecule has 1 rings (SSSR count). The number of nitrogens with zero attached hydrogens (tertiary/aromatic N) is 2. The predicted molar refractivity (Wildman–Crippen MR) is 85.2 cm³/mol. The van der Waals surface area contributed by atoms with Crippen molar-refractivity contribution in [2.24, 2.45) is 0 Å². The topological polar surface area (TPSA) is 6.48 Å². The van der Waals surface area contributed by atoms with Crippen LogP contribution in [0.1, 0.15) is 86.5 Å². The SMILES string of the molecule is CCCCN(CCCC)N1C(C)(C)CCCC1(C)C. The molecule has 114 valence electrons. The highest BCUT2D eigenvalue weighted by Crippen LogP contribution is 2.39. The molecule has 0 unspecified atom stereocenters. The van der Waals surface area contributed by atoms with Crippen molar-refractivity contribution in [3.63, 3.8) is 0 Å². The number of rotatable bonds is 7. The van der Waals surface area contributed by atoms with E-state index < -0.39 is 0 Å². The quantitative estimate of drug-likeness (QED) is 0.651. The molecule has 0 radical (unpaired) electrons. The summed E-state index contributed by atoms with van der Waals surface area (Å²) in [5.74, 6) is 0. The van der Waals surface area contributed by atoms with Gasteiger partial charge < -0.3 is 0 Å². The lowest BCUT2D eigenvalue weighted by atomic mass is 9.81. The standard InChI is InChI=1S/C17H36N2/c1-7-9-14-18(15-10-8-2)19-16(3,4)12-11-13-17(19,5)6/h7-15H2,1-6H3. The smallest absolute Gasteiger partial charge is 0.0306 e. The van der Waals surface area contributed by atoms with Crippen molar-refractivity contribution in [3.05, 3.63) is 0 Å². The Morgan fingerprint density at radius 3 is 1.63 bits per heavy atom. The molecule has 2 heteroatoms. The maximum absolute atomic E-state index is 2.73. The molecule has 0 atom stereocenters. The molecule has 0 saturated carbocycles. The first-order valence-corrected chi connectivity index (χ1v) is 8.40. The molecule has 19 heavy (non-hydrogen) atoms. The normalized spacial score (nSPS) is 22.9. The van der Waals surface area contributed by atoms with Crippen LogP contribution in [-0.2, 0) is 0 Å². The highest BCUT2D eigenvalue weighted by Gasteiger charge is 2.44. The Hall–Kier alpha value is -0.0800. The molecular formula is C17H36N2. The number of hydrogen-bond acceptors (Lipinski definition) is 2. The summed E-state index contributed by atoms with van der Waals surface area (Å²) in [7, 11) is 0. The van der Waals surface area contributed by atoms with Crippen molar-refractivity contribution in [3.8, 4) is 0 Å². The van der Waals surface area contributed by atoms with Crippen LogP contribution in [0.25, 0.3) is 0 Å². The van der Waals surface area contributed by atoms with Gasteiger partial charge in [0.1, 0.15) is 0 Å². The Bertz CT molecular complexity index is 234. The number of hydrazine groups is 1. The van der Waals surface area contributed by atoms with Crippen LogP contribution in [0.4, 0.5) is 0 Å². The van der Waals surface area contributed by atoms with Gasteiger partial charge in [0.15, 0.2) is 0 Å². The van der Waals surface area contributed by atoms with Crippen LogP contribution >= 0.6 is 0 Å². The third-order valence-corrected chi connectivity index (χ3v) is 4.55. The second-order valence-corrected chi connectivity index (χ2v) is 7.45. The summed E-state index contributed by atoms with van der Waals surface area (Å²) in [6, 6.07) is 0. The van der Waals surface area contributed by atoms with E-state index >= 15 is 0 Å². The van der Waals surface area contributed by atoms with Gasteiger partial charge in [0, 0.05) is 24.2 Å². The highest BCUT2D eigenvalue weighted by molar-refractivity contribution is 4.95. The van der Waals surface area contributed by atoms with E-state index in [-0.39, 0.29) is 0 Å². The van der Waals surface area contributed by atoms with E-state index in [0.29, 0.717) is 11.1 Å². The van der Waals surface area contributed by atoms with Gasteiger partial charge in [-0.15, -0.1) is 0 Å². The van der Waals surface area contributed by atoms with Gasteiger partial charge in [0.25, 0.3) is 0 Å². The molecule has 1 aliphatic heterocycles. The van der Waals surface area contributed by atoms with Gasteiger partial charge in [-0.3, -0.25) is 0 Å². The summed E-state index contributed by atoms with van der Waals surface area (Å²) in [4.78, 5) is 0. The van der Waals surface area contributed by atoms with Gasteiger partial charge in [-0.1, -0.05) is 26.7 Å². The lowest BCUT2D eigenvalue weighted by molar-refractivity contribution is -0.184. The first kappa shape index (κ1) is 17.0. The Morgan fingerprint density at radius 2 is 1.26 bits per heavy atom. The predicted octanol–water partition coefficient (Wildman–Crippen LogP) is 4.85. The van der Waals surface area contributed by atoms with Crippen LogP contribution in [-0.4, -0.2) is 34.2 Å². The minimum absolute atomic E-state index is 0.309. The van der Waals surface area contributed by atoms with Crippen LogP contribution in [0.2, 0.25) is 0 Å². The molecule has 0 aliphatic carbocycles. The molecule has 0 amide bonds. The number of hydrogen-bond donors (Lipinski definition) is 0. The van der Waals surface area contributed by atoms with Crippen LogP contribution in [0.15, 0.2) is 0 Å². The van der Waals surface area contributed by atoms with Crippen molar-refractivity contribution in [2.75, 3.05) is 13.1 Å². The third-order valence-electron chi connectivity index (χ3n) is 4.55. The lowest BCUT2D eigenvalue weighted by Gasteiger charge is -2.57. The van der Waals surface area contributed by atoms with Gasteiger partial charge in [-0.05, 0) is 59.8 Å². The maximum atomic E-state index is 2.73. The molecule has 1 fully saturated rings. The zero-order valence-electron chi connectivity index (χ0n) is 14.3. The molecule has 1 heterocycles. The summed E-state index contributed by atoms with van der Waals surface area (Å²) < 4.78 is 0. The summed E-state index contributed by atoms with van der Waals surface area (Å²) in [5, 5.41) is 5.40. The van der Waals surface area contributed by atoms with Crippen molar-refractivity contribution in [1.29, 1.82) is 0 Å². The zero-order valence-corrected chi connectivity index (χ0v) is 14.3. The molecule has 1 aliphatic rings. The zero-order chi connectivity index (χ0) is 14.5. The van der Waals surface area contributed by atoms with Gasteiger partial charge in [-0.2, -0.15) is 0 Å². The summed E-state index contributed by atoms with van der Waals surface area (Å²) in [6.07, 6.45) is 9.22. The van der Waals surface area contributed by atoms with E-state index in [1.54, 1.807) is 0 Å². The molecule has 0 bridgehead atoms. The van der Waals surface area contributed by atoms with E-state index in [9.17, 15) is 0 Å². The van der Waals surface area contributed by atoms with Crippen LogP contribution < -0.4 is 0 Å². The van der Waals surface area contributed by atoms with E-state index in [1.165, 1.54) is 58.0 Å². The fourth-order valence-electron chi connectivity index (χ4n) is 3.74. The molecule has 0 spiro atoms. The van der Waals surface area contributed by atoms with Crippen LogP contribution in [0.5, 0.6) is 0 Å². The first-order valence-electron chi connectivity index (χ1n) is 8.40. The minimum atomic E-state index is 0.309. The van der Waals surface area contributed by atoms with Gasteiger partial charge in [-0.25, -0.2) is 10.0 Å². The first-order chi connectivity index (χ1) is 8.85. The van der Waals surface area contributed by atoms with E-state index in [4.69, 9.17) is 0 Å². The molecule has 1 saturated heterocycles. The Kier molecular flexibility index (Phi) is 6.32. The molecule has 0 N–H and O–H groups in total. The van der Waals surface area contributed by atoms with Gasteiger partial charge in [0.05, 0.1) is 0 Å². The number of unbranched alkanes of at least 4 members (excludes halogenated alkanes) is 2. The largest absolute Gasteiger partial charge is 0.241 e. The Morgan fingerprint density at radius 1 is 0.842 bits per heavy atom.